The van der Waals surface area contributed by atoms with Crippen LogP contribution < -0.4 is 5.32 Å². The van der Waals surface area contributed by atoms with Crippen molar-refractivity contribution in [2.45, 2.75) is 251 Å². The largest absolute Gasteiger partial charge is 0.394 e. The van der Waals surface area contributed by atoms with E-state index in [0.717, 1.165) is 64.2 Å². The minimum absolute atomic E-state index is 0.0429. The SMILES string of the molecule is CC/C=C\C/C=C\C/C=C\C/C=C\C/C=C\CCCCCCCCCC(=O)NC(CO)C(O)CCCCCCCCCCCCCCCCCCCCCC. The average Bonchev–Trinajstić information content (AvgIpc) is 3.19. The van der Waals surface area contributed by atoms with Gasteiger partial charge in [0.25, 0.3) is 0 Å². The van der Waals surface area contributed by atoms with Gasteiger partial charge in [0, 0.05) is 6.42 Å². The number of allylic oxidation sites excluding steroid dienone is 10. The maximum atomic E-state index is 12.4. The summed E-state index contributed by atoms with van der Waals surface area (Å²) in [6.07, 6.45) is 64.5. The van der Waals surface area contributed by atoms with Crippen LogP contribution in [0.25, 0.3) is 0 Å². The third kappa shape index (κ3) is 43.1. The first-order valence-electron chi connectivity index (χ1n) is 24.0. The maximum absolute atomic E-state index is 12.4. The number of carbonyl (C=O) groups is 1. The fourth-order valence-corrected chi connectivity index (χ4v) is 7.15. The number of hydrogen-bond donors (Lipinski definition) is 3. The van der Waals surface area contributed by atoms with Gasteiger partial charge in [0.15, 0.2) is 0 Å². The number of aliphatic hydroxyl groups is 2. The molecule has 0 radical (unpaired) electrons. The van der Waals surface area contributed by atoms with Crippen molar-refractivity contribution in [3.63, 3.8) is 0 Å². The van der Waals surface area contributed by atoms with Crippen molar-refractivity contribution in [1.29, 1.82) is 0 Å². The highest BCUT2D eigenvalue weighted by molar-refractivity contribution is 5.76. The Bertz CT molecular complexity index is 919. The zero-order valence-electron chi connectivity index (χ0n) is 36.7. The zero-order chi connectivity index (χ0) is 40.0. The lowest BCUT2D eigenvalue weighted by Gasteiger charge is -2.22. The van der Waals surface area contributed by atoms with Crippen LogP contribution in [0.15, 0.2) is 60.8 Å². The smallest absolute Gasteiger partial charge is 0.220 e. The first-order valence-corrected chi connectivity index (χ1v) is 24.0. The molecule has 0 saturated heterocycles. The minimum Gasteiger partial charge on any atom is -0.394 e. The van der Waals surface area contributed by atoms with Gasteiger partial charge in [-0.1, -0.05) is 235 Å². The van der Waals surface area contributed by atoms with E-state index in [1.165, 1.54) is 148 Å². The summed E-state index contributed by atoms with van der Waals surface area (Å²) in [4.78, 5) is 12.4. The second-order valence-electron chi connectivity index (χ2n) is 16.2. The predicted molar refractivity (Wildman–Crippen MR) is 244 cm³/mol. The zero-order valence-corrected chi connectivity index (χ0v) is 36.7. The Morgan fingerprint density at radius 1 is 0.455 bits per heavy atom. The van der Waals surface area contributed by atoms with E-state index in [4.69, 9.17) is 0 Å². The van der Waals surface area contributed by atoms with Crippen molar-refractivity contribution in [3.8, 4) is 0 Å². The Morgan fingerprint density at radius 3 is 1.20 bits per heavy atom. The summed E-state index contributed by atoms with van der Waals surface area (Å²) >= 11 is 0. The van der Waals surface area contributed by atoms with Gasteiger partial charge < -0.3 is 15.5 Å². The molecule has 0 aromatic carbocycles. The molecule has 0 aromatic heterocycles. The van der Waals surface area contributed by atoms with E-state index >= 15 is 0 Å². The molecule has 0 bridgehead atoms. The van der Waals surface area contributed by atoms with E-state index in [2.05, 4.69) is 79.9 Å². The lowest BCUT2D eigenvalue weighted by molar-refractivity contribution is -0.123. The first kappa shape index (κ1) is 53.1. The van der Waals surface area contributed by atoms with Crippen molar-refractivity contribution in [2.75, 3.05) is 6.61 Å². The molecule has 0 heterocycles. The van der Waals surface area contributed by atoms with Crippen LogP contribution in [-0.2, 0) is 4.79 Å². The van der Waals surface area contributed by atoms with Crippen LogP contribution in [0.5, 0.6) is 0 Å². The number of carbonyl (C=O) groups excluding carboxylic acids is 1. The standard InChI is InChI=1S/C51H93NO3/c1-3-5-7-9-11-13-15-17-19-21-23-25-26-27-29-31-33-35-37-39-41-43-45-47-51(55)52-49(48-53)50(54)46-44-42-40-38-36-34-32-30-28-24-22-20-18-16-14-12-10-8-6-4-2/h5,7,11,13,17,19,23,25,27,29,49-50,53-54H,3-4,6,8-10,12,14-16,18,20-22,24,26,28,30-48H2,1-2H3,(H,52,55)/b7-5-,13-11-,19-17-,25-23-,29-27-. The van der Waals surface area contributed by atoms with Crippen LogP contribution in [-0.4, -0.2) is 34.9 Å². The summed E-state index contributed by atoms with van der Waals surface area (Å²) in [5.74, 6) is -0.0429. The summed E-state index contributed by atoms with van der Waals surface area (Å²) in [7, 11) is 0. The van der Waals surface area contributed by atoms with Crippen LogP contribution in [0.2, 0.25) is 0 Å². The highest BCUT2D eigenvalue weighted by atomic mass is 16.3. The molecule has 0 aliphatic rings. The van der Waals surface area contributed by atoms with Gasteiger partial charge >= 0.3 is 0 Å². The third-order valence-electron chi connectivity index (χ3n) is 10.8. The van der Waals surface area contributed by atoms with Crippen molar-refractivity contribution in [1.82, 2.24) is 5.32 Å². The normalized spacial score (nSPS) is 13.5. The number of nitrogens with one attached hydrogen (secondary N) is 1. The van der Waals surface area contributed by atoms with E-state index < -0.39 is 12.1 Å². The van der Waals surface area contributed by atoms with Crippen LogP contribution in [0.3, 0.4) is 0 Å². The molecular weight excluding hydrogens is 675 g/mol. The molecule has 0 aliphatic carbocycles. The number of amides is 1. The van der Waals surface area contributed by atoms with Gasteiger partial charge in [-0.2, -0.15) is 0 Å². The van der Waals surface area contributed by atoms with Gasteiger partial charge in [0.1, 0.15) is 0 Å². The summed E-state index contributed by atoms with van der Waals surface area (Å²) in [6, 6.07) is -0.546. The Morgan fingerprint density at radius 2 is 0.800 bits per heavy atom. The predicted octanol–water partition coefficient (Wildman–Crippen LogP) is 15.3. The molecule has 320 valence electrons. The molecule has 0 saturated carbocycles. The fourth-order valence-electron chi connectivity index (χ4n) is 7.15. The summed E-state index contributed by atoms with van der Waals surface area (Å²) < 4.78 is 0. The van der Waals surface area contributed by atoms with Gasteiger partial charge in [0.2, 0.25) is 5.91 Å². The molecule has 4 nitrogen and oxygen atoms in total. The van der Waals surface area contributed by atoms with Crippen molar-refractivity contribution >= 4 is 5.91 Å². The quantitative estimate of drug-likeness (QED) is 0.0427. The van der Waals surface area contributed by atoms with Crippen LogP contribution >= 0.6 is 0 Å². The highest BCUT2D eigenvalue weighted by Crippen LogP contribution is 2.16. The molecular formula is C51H93NO3. The average molecular weight is 768 g/mol. The van der Waals surface area contributed by atoms with Crippen molar-refractivity contribution < 1.29 is 15.0 Å². The van der Waals surface area contributed by atoms with Gasteiger partial charge in [0.05, 0.1) is 18.8 Å². The van der Waals surface area contributed by atoms with Crippen LogP contribution in [0.1, 0.15) is 239 Å². The molecule has 0 aliphatic heterocycles. The lowest BCUT2D eigenvalue weighted by atomic mass is 10.0. The first-order chi connectivity index (χ1) is 27.2. The van der Waals surface area contributed by atoms with Crippen LogP contribution in [0.4, 0.5) is 0 Å². The molecule has 2 unspecified atom stereocenters. The maximum Gasteiger partial charge on any atom is 0.220 e. The van der Waals surface area contributed by atoms with Gasteiger partial charge in [-0.25, -0.2) is 0 Å². The van der Waals surface area contributed by atoms with Gasteiger partial charge in [-0.15, -0.1) is 0 Å². The Kier molecular flexibility index (Phi) is 44.9. The molecule has 0 rings (SSSR count). The molecule has 4 heteroatoms. The van der Waals surface area contributed by atoms with Crippen molar-refractivity contribution in [2.24, 2.45) is 0 Å². The lowest BCUT2D eigenvalue weighted by Crippen LogP contribution is -2.45. The molecule has 2 atom stereocenters. The van der Waals surface area contributed by atoms with Gasteiger partial charge in [-0.3, -0.25) is 4.79 Å². The molecule has 3 N–H and O–H groups in total. The van der Waals surface area contributed by atoms with E-state index in [1.54, 1.807) is 0 Å². The highest BCUT2D eigenvalue weighted by Gasteiger charge is 2.20. The summed E-state index contributed by atoms with van der Waals surface area (Å²) in [5, 5.41) is 23.2. The Hall–Kier alpha value is -1.91. The molecule has 0 aromatic rings. The molecule has 1 amide bonds. The van der Waals surface area contributed by atoms with E-state index in [1.807, 2.05) is 0 Å². The Labute approximate surface area is 343 Å². The Balaban J connectivity index is 3.55. The topological polar surface area (TPSA) is 69.6 Å². The summed E-state index contributed by atoms with van der Waals surface area (Å²) in [5.41, 5.74) is 0. The van der Waals surface area contributed by atoms with E-state index in [9.17, 15) is 15.0 Å². The number of aliphatic hydroxyl groups excluding tert-OH is 2. The minimum atomic E-state index is -0.667. The van der Waals surface area contributed by atoms with E-state index in [0.29, 0.717) is 12.8 Å². The monoisotopic (exact) mass is 768 g/mol. The number of unbranched alkanes of at least 4 members (excludes halogenated alkanes) is 26. The van der Waals surface area contributed by atoms with Crippen LogP contribution in [0, 0.1) is 0 Å². The van der Waals surface area contributed by atoms with Crippen molar-refractivity contribution in [3.05, 3.63) is 60.8 Å². The molecule has 0 fully saturated rings. The third-order valence-corrected chi connectivity index (χ3v) is 10.8. The second kappa shape index (κ2) is 46.5. The fraction of sp³-hybridized carbons (Fsp3) is 0.784. The summed E-state index contributed by atoms with van der Waals surface area (Å²) in [6.45, 7) is 4.25. The van der Waals surface area contributed by atoms with Gasteiger partial charge in [-0.05, 0) is 57.8 Å². The second-order valence-corrected chi connectivity index (χ2v) is 16.2. The molecule has 55 heavy (non-hydrogen) atoms. The molecule has 0 spiro atoms. The number of hydrogen-bond acceptors (Lipinski definition) is 3. The van der Waals surface area contributed by atoms with E-state index in [-0.39, 0.29) is 12.5 Å². The number of rotatable bonds is 43.